The summed E-state index contributed by atoms with van der Waals surface area (Å²) in [5, 5.41) is 4.16. The van der Waals surface area contributed by atoms with Crippen molar-refractivity contribution >= 4 is 21.6 Å². The van der Waals surface area contributed by atoms with Crippen LogP contribution in [0.1, 0.15) is 42.1 Å². The molecule has 0 unspecified atom stereocenters. The Morgan fingerprint density at radius 2 is 1.58 bits per heavy atom. The number of carbonyl (C=O) groups excluding carboxylic acids is 1. The van der Waals surface area contributed by atoms with Gasteiger partial charge in [-0.2, -0.15) is 9.41 Å². The molecule has 2 aromatic rings. The highest BCUT2D eigenvalue weighted by molar-refractivity contribution is 7.89. The highest BCUT2D eigenvalue weighted by Gasteiger charge is 2.26. The van der Waals surface area contributed by atoms with Crippen molar-refractivity contribution in [1.82, 2.24) is 9.73 Å². The molecule has 10 heteroatoms. The fourth-order valence-corrected chi connectivity index (χ4v) is 5.17. The predicted octanol–water partition coefficient (Wildman–Crippen LogP) is 3.04. The van der Waals surface area contributed by atoms with E-state index < -0.39 is 15.9 Å². The van der Waals surface area contributed by atoms with Gasteiger partial charge in [-0.05, 0) is 50.1 Å². The first-order valence-electron chi connectivity index (χ1n) is 10.6. The van der Waals surface area contributed by atoms with Crippen molar-refractivity contribution in [3.63, 3.8) is 0 Å². The van der Waals surface area contributed by atoms with Gasteiger partial charge in [0.05, 0.1) is 31.9 Å². The van der Waals surface area contributed by atoms with Gasteiger partial charge in [-0.15, -0.1) is 0 Å². The van der Waals surface area contributed by atoms with Crippen LogP contribution >= 0.6 is 0 Å². The molecule has 1 N–H and O–H groups in total. The van der Waals surface area contributed by atoms with Gasteiger partial charge < -0.3 is 14.2 Å². The lowest BCUT2D eigenvalue weighted by Gasteiger charge is -2.25. The fourth-order valence-electron chi connectivity index (χ4n) is 3.61. The summed E-state index contributed by atoms with van der Waals surface area (Å²) in [4.78, 5) is 12.8. The van der Waals surface area contributed by atoms with Crippen LogP contribution in [0.2, 0.25) is 0 Å². The molecule has 1 aliphatic heterocycles. The molecule has 0 saturated carbocycles. The predicted molar refractivity (Wildman–Crippen MR) is 125 cm³/mol. The Morgan fingerprint density at radius 1 is 0.939 bits per heavy atom. The van der Waals surface area contributed by atoms with Crippen LogP contribution < -0.4 is 19.6 Å². The Labute approximate surface area is 194 Å². The summed E-state index contributed by atoms with van der Waals surface area (Å²) in [5.74, 6) is 0.858. The summed E-state index contributed by atoms with van der Waals surface area (Å²) < 4.78 is 43.3. The van der Waals surface area contributed by atoms with E-state index in [2.05, 4.69) is 10.5 Å². The highest BCUT2D eigenvalue weighted by Crippen LogP contribution is 2.38. The van der Waals surface area contributed by atoms with E-state index in [1.165, 1.54) is 37.8 Å². The van der Waals surface area contributed by atoms with Crippen molar-refractivity contribution in [2.75, 3.05) is 34.4 Å². The number of benzene rings is 2. The fraction of sp³-hybridized carbons (Fsp3) is 0.391. The van der Waals surface area contributed by atoms with Crippen molar-refractivity contribution in [3.05, 3.63) is 47.5 Å². The van der Waals surface area contributed by atoms with E-state index in [0.717, 1.165) is 19.3 Å². The van der Waals surface area contributed by atoms with Crippen LogP contribution in [0.25, 0.3) is 0 Å². The Balaban J connectivity index is 1.80. The minimum Gasteiger partial charge on any atom is -0.493 e. The smallest absolute Gasteiger partial charge is 0.271 e. The third-order valence-corrected chi connectivity index (χ3v) is 7.35. The average Bonchev–Trinajstić information content (AvgIpc) is 2.86. The van der Waals surface area contributed by atoms with E-state index in [1.807, 2.05) is 0 Å². The molecule has 3 rings (SSSR count). The third kappa shape index (κ3) is 5.45. The molecule has 1 heterocycles. The summed E-state index contributed by atoms with van der Waals surface area (Å²) in [6.07, 6.45) is 2.71. The number of methoxy groups -OCH3 is 3. The van der Waals surface area contributed by atoms with E-state index in [9.17, 15) is 13.2 Å². The number of rotatable bonds is 8. The van der Waals surface area contributed by atoms with E-state index in [0.29, 0.717) is 41.6 Å². The van der Waals surface area contributed by atoms with Crippen LogP contribution in [0.15, 0.2) is 46.4 Å². The van der Waals surface area contributed by atoms with Crippen LogP contribution in [0, 0.1) is 0 Å². The van der Waals surface area contributed by atoms with Crippen molar-refractivity contribution in [2.45, 2.75) is 31.1 Å². The summed E-state index contributed by atoms with van der Waals surface area (Å²) in [5.41, 5.74) is 3.85. The Kier molecular flexibility index (Phi) is 7.93. The van der Waals surface area contributed by atoms with Gasteiger partial charge in [0, 0.05) is 24.2 Å². The molecule has 1 aliphatic rings. The quantitative estimate of drug-likeness (QED) is 0.465. The summed E-state index contributed by atoms with van der Waals surface area (Å²) in [6.45, 7) is 2.71. The number of nitrogens with one attached hydrogen (secondary N) is 1. The number of hydrogen-bond acceptors (Lipinski definition) is 7. The topological polar surface area (TPSA) is 107 Å². The van der Waals surface area contributed by atoms with Crippen LogP contribution in [-0.4, -0.2) is 58.8 Å². The number of piperidine rings is 1. The number of sulfonamides is 1. The van der Waals surface area contributed by atoms with Crippen LogP contribution in [0.5, 0.6) is 17.2 Å². The Bertz CT molecular complexity index is 1120. The van der Waals surface area contributed by atoms with E-state index in [-0.39, 0.29) is 10.5 Å². The average molecular weight is 476 g/mol. The molecule has 0 atom stereocenters. The molecule has 0 bridgehead atoms. The van der Waals surface area contributed by atoms with Gasteiger partial charge in [-0.25, -0.2) is 13.8 Å². The molecule has 1 saturated heterocycles. The zero-order valence-corrected chi connectivity index (χ0v) is 20.1. The monoisotopic (exact) mass is 475 g/mol. The van der Waals surface area contributed by atoms with Gasteiger partial charge in [-0.3, -0.25) is 4.79 Å². The molecule has 1 amide bonds. The second kappa shape index (κ2) is 10.7. The lowest BCUT2D eigenvalue weighted by molar-refractivity contribution is 0.0954. The maximum Gasteiger partial charge on any atom is 0.271 e. The summed E-state index contributed by atoms with van der Waals surface area (Å²) in [7, 11) is 0.906. The first-order chi connectivity index (χ1) is 15.8. The molecule has 0 radical (unpaired) electrons. The van der Waals surface area contributed by atoms with Crippen LogP contribution in [0.3, 0.4) is 0 Å². The SMILES string of the molecule is COc1cc(/C(C)=N/NC(=O)c2cccc(S(=O)(=O)N3CCCCC3)c2)cc(OC)c1OC. The lowest BCUT2D eigenvalue weighted by atomic mass is 10.1. The largest absolute Gasteiger partial charge is 0.493 e. The molecule has 1 fully saturated rings. The molecular weight excluding hydrogens is 446 g/mol. The van der Waals surface area contributed by atoms with E-state index in [1.54, 1.807) is 31.2 Å². The van der Waals surface area contributed by atoms with Gasteiger partial charge in [0.25, 0.3) is 5.91 Å². The first kappa shape index (κ1) is 24.5. The lowest BCUT2D eigenvalue weighted by Crippen LogP contribution is -2.35. The highest BCUT2D eigenvalue weighted by atomic mass is 32.2. The molecular formula is C23H29N3O6S. The summed E-state index contributed by atoms with van der Waals surface area (Å²) >= 11 is 0. The van der Waals surface area contributed by atoms with Crippen molar-refractivity contribution in [3.8, 4) is 17.2 Å². The third-order valence-electron chi connectivity index (χ3n) is 5.46. The number of nitrogens with zero attached hydrogens (tertiary/aromatic N) is 2. The molecule has 2 aromatic carbocycles. The molecule has 0 aromatic heterocycles. The maximum atomic E-state index is 12.9. The van der Waals surface area contributed by atoms with E-state index in [4.69, 9.17) is 14.2 Å². The zero-order valence-electron chi connectivity index (χ0n) is 19.3. The van der Waals surface area contributed by atoms with Crippen LogP contribution in [-0.2, 0) is 10.0 Å². The molecule has 33 heavy (non-hydrogen) atoms. The number of carbonyl (C=O) groups is 1. The van der Waals surface area contributed by atoms with E-state index >= 15 is 0 Å². The first-order valence-corrected chi connectivity index (χ1v) is 12.0. The number of hydrazone groups is 1. The number of hydrogen-bond donors (Lipinski definition) is 1. The second-order valence-electron chi connectivity index (χ2n) is 7.54. The molecule has 178 valence electrons. The molecule has 0 aliphatic carbocycles. The van der Waals surface area contributed by atoms with Crippen LogP contribution in [0.4, 0.5) is 0 Å². The minimum atomic E-state index is -3.64. The maximum absolute atomic E-state index is 12.9. The second-order valence-corrected chi connectivity index (χ2v) is 9.48. The van der Waals surface area contributed by atoms with Gasteiger partial charge in [0.2, 0.25) is 15.8 Å². The van der Waals surface area contributed by atoms with Gasteiger partial charge in [-0.1, -0.05) is 12.5 Å². The zero-order chi connectivity index (χ0) is 24.0. The minimum absolute atomic E-state index is 0.0994. The van der Waals surface area contributed by atoms with Crippen molar-refractivity contribution in [2.24, 2.45) is 5.10 Å². The number of ether oxygens (including phenoxy) is 3. The molecule has 9 nitrogen and oxygen atoms in total. The Hall–Kier alpha value is -3.11. The summed E-state index contributed by atoms with van der Waals surface area (Å²) in [6, 6.07) is 9.43. The standard InChI is InChI=1S/C23H29N3O6S/c1-16(18-14-20(30-2)22(32-4)21(15-18)31-3)24-25-23(27)17-9-8-10-19(13-17)33(28,29)26-11-6-5-7-12-26/h8-10,13-15H,5-7,11-12H2,1-4H3,(H,25,27)/b24-16+. The molecule has 0 spiro atoms. The number of amides is 1. The van der Waals surface area contributed by atoms with Gasteiger partial charge >= 0.3 is 0 Å². The van der Waals surface area contributed by atoms with Gasteiger partial charge in [0.15, 0.2) is 11.5 Å². The van der Waals surface area contributed by atoms with Crippen molar-refractivity contribution in [1.29, 1.82) is 0 Å². The normalized spacial score (nSPS) is 15.1. The Morgan fingerprint density at radius 3 is 2.15 bits per heavy atom. The van der Waals surface area contributed by atoms with Crippen molar-refractivity contribution < 1.29 is 27.4 Å². The van der Waals surface area contributed by atoms with Gasteiger partial charge in [0.1, 0.15) is 0 Å².